The molecule has 1 heterocycles. The van der Waals surface area contributed by atoms with E-state index in [1.807, 2.05) is 32.9 Å². The molecule has 0 radical (unpaired) electrons. The monoisotopic (exact) mass is 263 g/mol. The van der Waals surface area contributed by atoms with Crippen LogP contribution in [-0.4, -0.2) is 29.0 Å². The molecule has 0 unspecified atom stereocenters. The van der Waals surface area contributed by atoms with E-state index in [1.165, 1.54) is 16.9 Å². The summed E-state index contributed by atoms with van der Waals surface area (Å²) in [5.74, 6) is 0. The molecule has 0 atom stereocenters. The van der Waals surface area contributed by atoms with Crippen molar-refractivity contribution in [3.8, 4) is 0 Å². The summed E-state index contributed by atoms with van der Waals surface area (Å²) in [5.41, 5.74) is 2.13. The number of amides is 2. The number of hydrogen-bond donors (Lipinski definition) is 1. The van der Waals surface area contributed by atoms with Gasteiger partial charge in [-0.15, -0.1) is 0 Å². The lowest BCUT2D eigenvalue weighted by Gasteiger charge is -2.17. The van der Waals surface area contributed by atoms with Crippen molar-refractivity contribution >= 4 is 32.7 Å². The van der Waals surface area contributed by atoms with Crippen LogP contribution in [0.4, 0.5) is 9.93 Å². The third-order valence-electron chi connectivity index (χ3n) is 2.81. The molecular formula is C13H17N3OS. The second-order valence-corrected chi connectivity index (χ2v) is 5.12. The van der Waals surface area contributed by atoms with Crippen LogP contribution in [0.2, 0.25) is 0 Å². The molecule has 1 aromatic heterocycles. The molecule has 96 valence electrons. The Hall–Kier alpha value is -1.62. The Balaban J connectivity index is 2.19. The Bertz CT molecular complexity index is 560. The van der Waals surface area contributed by atoms with Crippen molar-refractivity contribution < 1.29 is 4.79 Å². The average molecular weight is 263 g/mol. The first-order valence-electron chi connectivity index (χ1n) is 6.07. The maximum absolute atomic E-state index is 11.9. The van der Waals surface area contributed by atoms with Gasteiger partial charge in [0.05, 0.1) is 10.2 Å². The largest absolute Gasteiger partial charge is 0.325 e. The van der Waals surface area contributed by atoms with Gasteiger partial charge in [-0.1, -0.05) is 17.4 Å². The first-order valence-corrected chi connectivity index (χ1v) is 6.88. The van der Waals surface area contributed by atoms with Gasteiger partial charge in [-0.05, 0) is 38.5 Å². The van der Waals surface area contributed by atoms with Crippen LogP contribution in [0, 0.1) is 6.92 Å². The van der Waals surface area contributed by atoms with E-state index in [1.54, 1.807) is 4.90 Å². The van der Waals surface area contributed by atoms with Crippen molar-refractivity contribution in [2.45, 2.75) is 20.8 Å². The quantitative estimate of drug-likeness (QED) is 0.921. The minimum atomic E-state index is -0.0872. The van der Waals surface area contributed by atoms with Gasteiger partial charge in [-0.2, -0.15) is 0 Å². The predicted molar refractivity (Wildman–Crippen MR) is 76.3 cm³/mol. The molecule has 0 aliphatic heterocycles. The van der Waals surface area contributed by atoms with E-state index < -0.39 is 0 Å². The zero-order valence-electron chi connectivity index (χ0n) is 10.9. The fourth-order valence-corrected chi connectivity index (χ4v) is 2.72. The van der Waals surface area contributed by atoms with Crippen LogP contribution < -0.4 is 5.32 Å². The molecule has 0 spiro atoms. The summed E-state index contributed by atoms with van der Waals surface area (Å²) in [4.78, 5) is 18.0. The van der Waals surface area contributed by atoms with E-state index in [0.717, 1.165) is 10.2 Å². The van der Waals surface area contributed by atoms with Crippen molar-refractivity contribution in [1.29, 1.82) is 0 Å². The normalized spacial score (nSPS) is 10.6. The number of anilines is 1. The smallest absolute Gasteiger partial charge is 0.323 e. The van der Waals surface area contributed by atoms with Gasteiger partial charge in [-0.3, -0.25) is 5.32 Å². The minimum Gasteiger partial charge on any atom is -0.325 e. The van der Waals surface area contributed by atoms with Crippen LogP contribution in [0.5, 0.6) is 0 Å². The van der Waals surface area contributed by atoms with E-state index in [-0.39, 0.29) is 6.03 Å². The fourth-order valence-electron chi connectivity index (χ4n) is 1.77. The molecule has 2 rings (SSSR count). The molecule has 18 heavy (non-hydrogen) atoms. The molecule has 2 amide bonds. The molecule has 2 aromatic rings. The fraction of sp³-hybridized carbons (Fsp3) is 0.385. The molecule has 4 nitrogen and oxygen atoms in total. The maximum atomic E-state index is 11.9. The number of rotatable bonds is 3. The number of aromatic nitrogens is 1. The first-order chi connectivity index (χ1) is 8.63. The van der Waals surface area contributed by atoms with Crippen LogP contribution in [0.1, 0.15) is 19.4 Å². The highest BCUT2D eigenvalue weighted by molar-refractivity contribution is 7.22. The molecule has 0 saturated carbocycles. The Morgan fingerprint density at radius 3 is 2.78 bits per heavy atom. The topological polar surface area (TPSA) is 45.2 Å². The van der Waals surface area contributed by atoms with Crippen molar-refractivity contribution in [3.05, 3.63) is 23.8 Å². The lowest BCUT2D eigenvalue weighted by molar-refractivity contribution is 0.217. The average Bonchev–Trinajstić information content (AvgIpc) is 2.71. The van der Waals surface area contributed by atoms with Crippen LogP contribution in [-0.2, 0) is 0 Å². The molecule has 0 fully saturated rings. The maximum Gasteiger partial charge on any atom is 0.323 e. The molecular weight excluding hydrogens is 246 g/mol. The highest BCUT2D eigenvalue weighted by Crippen LogP contribution is 2.26. The Labute approximate surface area is 111 Å². The van der Waals surface area contributed by atoms with Gasteiger partial charge in [0.25, 0.3) is 0 Å². The second kappa shape index (κ2) is 5.35. The van der Waals surface area contributed by atoms with Gasteiger partial charge in [0.2, 0.25) is 0 Å². The number of carbonyl (C=O) groups excluding carboxylic acids is 1. The van der Waals surface area contributed by atoms with Crippen LogP contribution >= 0.6 is 11.3 Å². The number of nitrogens with zero attached hydrogens (tertiary/aromatic N) is 2. The number of fused-ring (bicyclic) bond motifs is 1. The van der Waals surface area contributed by atoms with Gasteiger partial charge in [0, 0.05) is 13.1 Å². The Morgan fingerprint density at radius 1 is 1.39 bits per heavy atom. The highest BCUT2D eigenvalue weighted by Gasteiger charge is 2.12. The Morgan fingerprint density at radius 2 is 2.11 bits per heavy atom. The SMILES string of the molecule is CCN(CC)C(=O)Nc1nc2ccc(C)cc2s1. The highest BCUT2D eigenvalue weighted by atomic mass is 32.1. The van der Waals surface area contributed by atoms with Gasteiger partial charge >= 0.3 is 6.03 Å². The van der Waals surface area contributed by atoms with E-state index in [2.05, 4.69) is 16.4 Å². The number of urea groups is 1. The minimum absolute atomic E-state index is 0.0872. The van der Waals surface area contributed by atoms with Crippen molar-refractivity contribution in [3.63, 3.8) is 0 Å². The number of aryl methyl sites for hydroxylation is 1. The summed E-state index contributed by atoms with van der Waals surface area (Å²) in [6.07, 6.45) is 0. The zero-order chi connectivity index (χ0) is 13.1. The molecule has 0 saturated heterocycles. The summed E-state index contributed by atoms with van der Waals surface area (Å²) in [6.45, 7) is 7.38. The molecule has 0 aliphatic carbocycles. The molecule has 5 heteroatoms. The van der Waals surface area contributed by atoms with Crippen LogP contribution in [0.3, 0.4) is 0 Å². The molecule has 0 aliphatic rings. The first kappa shape index (κ1) is 12.8. The predicted octanol–water partition coefficient (Wildman–Crippen LogP) is 3.48. The lowest BCUT2D eigenvalue weighted by atomic mass is 10.2. The van der Waals surface area contributed by atoms with Gasteiger partial charge in [0.15, 0.2) is 5.13 Å². The summed E-state index contributed by atoms with van der Waals surface area (Å²) in [5, 5.41) is 3.51. The standard InChI is InChI=1S/C13H17N3OS/c1-4-16(5-2)13(17)15-12-14-10-7-6-9(3)8-11(10)18-12/h6-8H,4-5H2,1-3H3,(H,14,15,17). The van der Waals surface area contributed by atoms with Gasteiger partial charge in [-0.25, -0.2) is 9.78 Å². The summed E-state index contributed by atoms with van der Waals surface area (Å²) in [6, 6.07) is 6.00. The van der Waals surface area contributed by atoms with E-state index in [0.29, 0.717) is 18.2 Å². The third kappa shape index (κ3) is 2.61. The van der Waals surface area contributed by atoms with Crippen LogP contribution in [0.15, 0.2) is 18.2 Å². The number of nitrogens with one attached hydrogen (secondary N) is 1. The second-order valence-electron chi connectivity index (χ2n) is 4.09. The van der Waals surface area contributed by atoms with Crippen molar-refractivity contribution in [1.82, 2.24) is 9.88 Å². The van der Waals surface area contributed by atoms with Crippen LogP contribution in [0.25, 0.3) is 10.2 Å². The number of carbonyl (C=O) groups is 1. The van der Waals surface area contributed by atoms with Gasteiger partial charge < -0.3 is 4.90 Å². The summed E-state index contributed by atoms with van der Waals surface area (Å²) in [7, 11) is 0. The van der Waals surface area contributed by atoms with Crippen molar-refractivity contribution in [2.24, 2.45) is 0 Å². The third-order valence-corrected chi connectivity index (χ3v) is 3.74. The van der Waals surface area contributed by atoms with E-state index in [9.17, 15) is 4.79 Å². The van der Waals surface area contributed by atoms with Crippen molar-refractivity contribution in [2.75, 3.05) is 18.4 Å². The molecule has 1 aromatic carbocycles. The number of thiazole rings is 1. The molecule has 0 bridgehead atoms. The number of benzene rings is 1. The van der Waals surface area contributed by atoms with E-state index in [4.69, 9.17) is 0 Å². The Kier molecular flexibility index (Phi) is 3.81. The summed E-state index contributed by atoms with van der Waals surface area (Å²) < 4.78 is 1.10. The number of hydrogen-bond acceptors (Lipinski definition) is 3. The van der Waals surface area contributed by atoms with E-state index >= 15 is 0 Å². The molecule has 1 N–H and O–H groups in total. The lowest BCUT2D eigenvalue weighted by Crippen LogP contribution is -2.34. The summed E-state index contributed by atoms with van der Waals surface area (Å²) >= 11 is 1.51. The van der Waals surface area contributed by atoms with Gasteiger partial charge in [0.1, 0.15) is 0 Å². The zero-order valence-corrected chi connectivity index (χ0v) is 11.7.